The number of hydrogen-bond acceptors (Lipinski definition) is 4. The minimum atomic E-state index is -0.256. The molecule has 30 heavy (non-hydrogen) atoms. The number of carbonyl (C=O) groups is 1. The molecule has 2 fully saturated rings. The maximum Gasteiger partial charge on any atom is 0.154 e. The summed E-state index contributed by atoms with van der Waals surface area (Å²) < 4.78 is 13.7. The summed E-state index contributed by atoms with van der Waals surface area (Å²) in [4.78, 5) is 19.3. The van der Waals surface area contributed by atoms with E-state index in [2.05, 4.69) is 15.2 Å². The number of nitrogens with one attached hydrogen (secondary N) is 1. The minimum Gasteiger partial charge on any atom is -0.381 e. The molecular formula is C24H23ClFN3O. The van der Waals surface area contributed by atoms with E-state index in [4.69, 9.17) is 11.6 Å². The molecule has 2 aliphatic rings. The van der Waals surface area contributed by atoms with Gasteiger partial charge < -0.3 is 5.32 Å². The average Bonchev–Trinajstić information content (AvgIpc) is 3.17. The summed E-state index contributed by atoms with van der Waals surface area (Å²) in [6.45, 7) is 3.82. The van der Waals surface area contributed by atoms with Gasteiger partial charge in [0.2, 0.25) is 0 Å². The van der Waals surface area contributed by atoms with Gasteiger partial charge in [-0.2, -0.15) is 0 Å². The third-order valence-electron chi connectivity index (χ3n) is 6.55. The molecule has 1 N–H and O–H groups in total. The molecule has 1 saturated heterocycles. The molecule has 0 bridgehead atoms. The summed E-state index contributed by atoms with van der Waals surface area (Å²) in [7, 11) is 0. The standard InChI is InChI=1S/C24H23ClFN3O/c1-14(23(30)10-15-2-4-16(25)5-3-15)29-12-19-20(13-29)24(19)28-22-8-9-27-21-7-6-17(26)11-18(21)22/h2-9,11,14,19-20,24H,10,12-13H2,1H3,(H,27,28). The highest BCUT2D eigenvalue weighted by Gasteiger charge is 2.56. The summed E-state index contributed by atoms with van der Waals surface area (Å²) in [6, 6.07) is 14.3. The Labute approximate surface area is 180 Å². The second-order valence-electron chi connectivity index (χ2n) is 8.42. The molecule has 3 aromatic rings. The number of piperidine rings is 1. The molecule has 3 atom stereocenters. The van der Waals surface area contributed by atoms with Crippen LogP contribution < -0.4 is 5.32 Å². The number of hydrogen-bond donors (Lipinski definition) is 1. The van der Waals surface area contributed by atoms with Crippen molar-refractivity contribution in [2.75, 3.05) is 18.4 Å². The predicted octanol–water partition coefficient (Wildman–Crippen LogP) is 4.57. The first-order valence-corrected chi connectivity index (χ1v) is 10.7. The summed E-state index contributed by atoms with van der Waals surface area (Å²) in [6.07, 6.45) is 2.19. The second-order valence-corrected chi connectivity index (χ2v) is 8.85. The smallest absolute Gasteiger partial charge is 0.154 e. The van der Waals surface area contributed by atoms with E-state index in [1.54, 1.807) is 12.3 Å². The topological polar surface area (TPSA) is 45.2 Å². The molecule has 1 saturated carbocycles. The van der Waals surface area contributed by atoms with Crippen molar-refractivity contribution < 1.29 is 9.18 Å². The number of rotatable bonds is 6. The van der Waals surface area contributed by atoms with Gasteiger partial charge in [0.1, 0.15) is 5.82 Å². The molecule has 2 aromatic carbocycles. The lowest BCUT2D eigenvalue weighted by molar-refractivity contribution is -0.122. The number of Topliss-reactive ketones (excluding diaryl/α,β-unsaturated/α-hetero) is 1. The molecule has 0 amide bonds. The number of pyridine rings is 1. The molecule has 154 valence electrons. The van der Waals surface area contributed by atoms with Crippen LogP contribution in [0.4, 0.5) is 10.1 Å². The van der Waals surface area contributed by atoms with Crippen LogP contribution in [0.3, 0.4) is 0 Å². The third kappa shape index (κ3) is 3.68. The van der Waals surface area contributed by atoms with Crippen molar-refractivity contribution in [3.05, 3.63) is 71.1 Å². The van der Waals surface area contributed by atoms with E-state index in [1.807, 2.05) is 37.3 Å². The lowest BCUT2D eigenvalue weighted by Gasteiger charge is -2.26. The largest absolute Gasteiger partial charge is 0.381 e. The Morgan fingerprint density at radius 3 is 2.67 bits per heavy atom. The molecule has 2 heterocycles. The molecule has 5 rings (SSSR count). The van der Waals surface area contributed by atoms with Gasteiger partial charge in [-0.3, -0.25) is 14.7 Å². The van der Waals surface area contributed by atoms with Crippen molar-refractivity contribution in [2.24, 2.45) is 11.8 Å². The van der Waals surface area contributed by atoms with Gasteiger partial charge in [0.05, 0.1) is 11.6 Å². The van der Waals surface area contributed by atoms with Crippen molar-refractivity contribution in [3.63, 3.8) is 0 Å². The van der Waals surface area contributed by atoms with Crippen molar-refractivity contribution >= 4 is 34.0 Å². The van der Waals surface area contributed by atoms with Crippen LogP contribution in [-0.2, 0) is 11.2 Å². The van der Waals surface area contributed by atoms with Gasteiger partial charge in [0.15, 0.2) is 5.78 Å². The molecule has 0 radical (unpaired) electrons. The van der Waals surface area contributed by atoms with Crippen LogP contribution in [0.5, 0.6) is 0 Å². The van der Waals surface area contributed by atoms with E-state index in [9.17, 15) is 9.18 Å². The average molecular weight is 424 g/mol. The SMILES string of the molecule is CC(C(=O)Cc1ccc(Cl)cc1)N1CC2C(C1)C2Nc1ccnc2ccc(F)cc12. The van der Waals surface area contributed by atoms with Crippen LogP contribution in [0, 0.1) is 17.7 Å². The Balaban J connectivity index is 1.20. The Morgan fingerprint density at radius 2 is 1.93 bits per heavy atom. The molecule has 1 aromatic heterocycles. The lowest BCUT2D eigenvalue weighted by atomic mass is 10.0. The molecule has 1 aliphatic carbocycles. The molecular weight excluding hydrogens is 401 g/mol. The normalized spacial score (nSPS) is 23.9. The van der Waals surface area contributed by atoms with E-state index in [0.29, 0.717) is 29.3 Å². The van der Waals surface area contributed by atoms with Crippen molar-refractivity contribution in [1.82, 2.24) is 9.88 Å². The van der Waals surface area contributed by atoms with Crippen LogP contribution in [0.25, 0.3) is 10.9 Å². The zero-order chi connectivity index (χ0) is 20.8. The van der Waals surface area contributed by atoms with Gasteiger partial charge in [-0.1, -0.05) is 23.7 Å². The van der Waals surface area contributed by atoms with E-state index < -0.39 is 0 Å². The van der Waals surface area contributed by atoms with E-state index >= 15 is 0 Å². The minimum absolute atomic E-state index is 0.0926. The number of anilines is 1. The fraction of sp³-hybridized carbons (Fsp3) is 0.333. The number of likely N-dealkylation sites (tertiary alicyclic amines) is 1. The zero-order valence-electron chi connectivity index (χ0n) is 16.7. The molecule has 4 nitrogen and oxygen atoms in total. The number of fused-ring (bicyclic) bond motifs is 2. The first-order valence-electron chi connectivity index (χ1n) is 10.3. The Morgan fingerprint density at radius 1 is 1.20 bits per heavy atom. The Bertz CT molecular complexity index is 1090. The van der Waals surface area contributed by atoms with Gasteiger partial charge >= 0.3 is 0 Å². The molecule has 1 aliphatic heterocycles. The van der Waals surface area contributed by atoms with E-state index in [1.165, 1.54) is 12.1 Å². The van der Waals surface area contributed by atoms with Crippen LogP contribution in [0.15, 0.2) is 54.7 Å². The third-order valence-corrected chi connectivity index (χ3v) is 6.81. The number of carbonyl (C=O) groups excluding carboxylic acids is 1. The zero-order valence-corrected chi connectivity index (χ0v) is 17.4. The maximum absolute atomic E-state index is 13.7. The quantitative estimate of drug-likeness (QED) is 0.630. The van der Waals surface area contributed by atoms with Crippen molar-refractivity contribution in [3.8, 4) is 0 Å². The van der Waals surface area contributed by atoms with Gasteiger partial charge in [-0.25, -0.2) is 4.39 Å². The summed E-state index contributed by atoms with van der Waals surface area (Å²) in [5, 5.41) is 5.08. The van der Waals surface area contributed by atoms with E-state index in [0.717, 1.165) is 35.2 Å². The number of aromatic nitrogens is 1. The van der Waals surface area contributed by atoms with Crippen molar-refractivity contribution in [1.29, 1.82) is 0 Å². The highest BCUT2D eigenvalue weighted by atomic mass is 35.5. The molecule has 6 heteroatoms. The fourth-order valence-corrected chi connectivity index (χ4v) is 4.79. The van der Waals surface area contributed by atoms with E-state index in [-0.39, 0.29) is 17.6 Å². The number of halogens is 2. The number of benzene rings is 2. The summed E-state index contributed by atoms with van der Waals surface area (Å²) >= 11 is 5.93. The van der Waals surface area contributed by atoms with Gasteiger partial charge in [-0.05, 0) is 60.7 Å². The lowest BCUT2D eigenvalue weighted by Crippen LogP contribution is -2.41. The van der Waals surface area contributed by atoms with Gasteiger partial charge in [-0.15, -0.1) is 0 Å². The molecule has 0 spiro atoms. The highest BCUT2D eigenvalue weighted by Crippen LogP contribution is 2.48. The molecule has 3 unspecified atom stereocenters. The summed E-state index contributed by atoms with van der Waals surface area (Å²) in [5.41, 5.74) is 2.71. The first-order chi connectivity index (χ1) is 14.5. The fourth-order valence-electron chi connectivity index (χ4n) is 4.67. The predicted molar refractivity (Wildman–Crippen MR) is 117 cm³/mol. The van der Waals surface area contributed by atoms with Crippen LogP contribution in [-0.4, -0.2) is 40.8 Å². The Kier molecular flexibility index (Phi) is 4.95. The van der Waals surface area contributed by atoms with Gasteiger partial charge in [0, 0.05) is 47.8 Å². The highest BCUT2D eigenvalue weighted by molar-refractivity contribution is 6.30. The van der Waals surface area contributed by atoms with Crippen molar-refractivity contribution in [2.45, 2.75) is 25.4 Å². The monoisotopic (exact) mass is 423 g/mol. The number of nitrogens with zero attached hydrogens (tertiary/aromatic N) is 2. The van der Waals surface area contributed by atoms with Gasteiger partial charge in [0.25, 0.3) is 0 Å². The van der Waals surface area contributed by atoms with Crippen LogP contribution in [0.1, 0.15) is 12.5 Å². The second kappa shape index (κ2) is 7.64. The first kappa shape index (κ1) is 19.5. The van der Waals surface area contributed by atoms with Crippen LogP contribution in [0.2, 0.25) is 5.02 Å². The maximum atomic E-state index is 13.7. The number of ketones is 1. The van der Waals surface area contributed by atoms with Crippen LogP contribution >= 0.6 is 11.6 Å². The Hall–Kier alpha value is -2.50. The summed E-state index contributed by atoms with van der Waals surface area (Å²) in [5.74, 6) is 1.02.